The number of morpholine rings is 1. The topological polar surface area (TPSA) is 55.6 Å². The van der Waals surface area contributed by atoms with Crippen LogP contribution in [-0.2, 0) is 15.1 Å². The van der Waals surface area contributed by atoms with Gasteiger partial charge in [-0.15, -0.1) is 0 Å². The van der Waals surface area contributed by atoms with E-state index in [0.717, 1.165) is 6.07 Å². The zero-order chi connectivity index (χ0) is 14.9. The van der Waals surface area contributed by atoms with E-state index in [1.54, 1.807) is 6.92 Å². The molecule has 110 valence electrons. The van der Waals surface area contributed by atoms with Crippen molar-refractivity contribution in [2.45, 2.75) is 19.4 Å². The molecule has 1 heterocycles. The quantitative estimate of drug-likeness (QED) is 0.910. The fourth-order valence-corrected chi connectivity index (χ4v) is 2.65. The number of amides is 1. The van der Waals surface area contributed by atoms with E-state index >= 15 is 0 Å². The van der Waals surface area contributed by atoms with E-state index in [9.17, 15) is 13.6 Å². The summed E-state index contributed by atoms with van der Waals surface area (Å²) >= 11 is 0. The Hall–Kier alpha value is -1.53. The van der Waals surface area contributed by atoms with Crippen molar-refractivity contribution in [3.63, 3.8) is 0 Å². The number of primary amides is 1. The summed E-state index contributed by atoms with van der Waals surface area (Å²) in [5.74, 6) is -2.46. The first-order valence-electron chi connectivity index (χ1n) is 6.46. The molecule has 1 saturated heterocycles. The highest BCUT2D eigenvalue weighted by molar-refractivity contribution is 5.86. The maximum absolute atomic E-state index is 13.8. The number of rotatable bonds is 3. The molecule has 0 aliphatic carbocycles. The van der Waals surface area contributed by atoms with E-state index in [2.05, 4.69) is 0 Å². The van der Waals surface area contributed by atoms with E-state index in [0.29, 0.717) is 31.9 Å². The second kappa shape index (κ2) is 5.46. The lowest BCUT2D eigenvalue weighted by atomic mass is 9.85. The Bertz CT molecular complexity index is 530. The molecule has 1 amide bonds. The lowest BCUT2D eigenvalue weighted by Crippen LogP contribution is -2.56. The Kier molecular flexibility index (Phi) is 4.06. The first-order chi connectivity index (χ1) is 9.39. The molecule has 2 rings (SSSR count). The van der Waals surface area contributed by atoms with Gasteiger partial charge in [0, 0.05) is 13.1 Å². The molecule has 1 aliphatic heterocycles. The van der Waals surface area contributed by atoms with E-state index < -0.39 is 23.1 Å². The van der Waals surface area contributed by atoms with Crippen LogP contribution in [0.25, 0.3) is 0 Å². The zero-order valence-corrected chi connectivity index (χ0v) is 11.6. The van der Waals surface area contributed by atoms with Gasteiger partial charge in [-0.05, 0) is 31.0 Å². The third-order valence-electron chi connectivity index (χ3n) is 3.99. The van der Waals surface area contributed by atoms with Crippen molar-refractivity contribution in [2.24, 2.45) is 5.73 Å². The summed E-state index contributed by atoms with van der Waals surface area (Å²) in [6.45, 7) is 5.07. The van der Waals surface area contributed by atoms with Crippen LogP contribution in [0.1, 0.15) is 18.1 Å². The van der Waals surface area contributed by atoms with Crippen molar-refractivity contribution in [2.75, 3.05) is 26.3 Å². The number of hydrogen-bond donors (Lipinski definition) is 1. The average Bonchev–Trinajstić information content (AvgIpc) is 2.45. The second-order valence-corrected chi connectivity index (χ2v) is 5.07. The molecule has 1 aliphatic rings. The summed E-state index contributed by atoms with van der Waals surface area (Å²) in [5, 5.41) is 0. The lowest BCUT2D eigenvalue weighted by Gasteiger charge is -2.42. The van der Waals surface area contributed by atoms with Crippen molar-refractivity contribution in [1.82, 2.24) is 4.90 Å². The molecule has 0 radical (unpaired) electrons. The van der Waals surface area contributed by atoms with Crippen LogP contribution in [0.4, 0.5) is 8.78 Å². The zero-order valence-electron chi connectivity index (χ0n) is 11.6. The van der Waals surface area contributed by atoms with Crippen molar-refractivity contribution >= 4 is 5.91 Å². The molecule has 1 fully saturated rings. The molecule has 0 spiro atoms. The monoisotopic (exact) mass is 284 g/mol. The van der Waals surface area contributed by atoms with Crippen LogP contribution in [0.5, 0.6) is 0 Å². The molecular weight excluding hydrogens is 266 g/mol. The van der Waals surface area contributed by atoms with Crippen LogP contribution < -0.4 is 5.73 Å². The van der Waals surface area contributed by atoms with Gasteiger partial charge in [0.05, 0.1) is 13.2 Å². The van der Waals surface area contributed by atoms with Gasteiger partial charge < -0.3 is 10.5 Å². The number of benzene rings is 1. The van der Waals surface area contributed by atoms with Gasteiger partial charge in [0.1, 0.15) is 5.54 Å². The van der Waals surface area contributed by atoms with Crippen LogP contribution in [0.2, 0.25) is 0 Å². The highest BCUT2D eigenvalue weighted by Gasteiger charge is 2.42. The van der Waals surface area contributed by atoms with Gasteiger partial charge in [-0.2, -0.15) is 0 Å². The maximum atomic E-state index is 13.8. The Labute approximate surface area is 116 Å². The van der Waals surface area contributed by atoms with Gasteiger partial charge in [-0.1, -0.05) is 6.07 Å². The van der Waals surface area contributed by atoms with Crippen LogP contribution in [0, 0.1) is 18.6 Å². The first kappa shape index (κ1) is 14.9. The second-order valence-electron chi connectivity index (χ2n) is 5.07. The Morgan fingerprint density at radius 2 is 1.95 bits per heavy atom. The van der Waals surface area contributed by atoms with Crippen molar-refractivity contribution in [3.05, 3.63) is 34.9 Å². The van der Waals surface area contributed by atoms with Crippen molar-refractivity contribution in [3.8, 4) is 0 Å². The summed E-state index contributed by atoms with van der Waals surface area (Å²) in [6.07, 6.45) is 0. The molecule has 1 aromatic rings. The Morgan fingerprint density at radius 1 is 1.35 bits per heavy atom. The molecule has 1 aromatic carbocycles. The molecule has 6 heteroatoms. The van der Waals surface area contributed by atoms with E-state index in [1.165, 1.54) is 13.0 Å². The highest BCUT2D eigenvalue weighted by atomic mass is 19.2. The van der Waals surface area contributed by atoms with Crippen LogP contribution in [-0.4, -0.2) is 37.1 Å². The minimum Gasteiger partial charge on any atom is -0.379 e. The van der Waals surface area contributed by atoms with Gasteiger partial charge >= 0.3 is 0 Å². The van der Waals surface area contributed by atoms with Crippen LogP contribution in [0.15, 0.2) is 12.1 Å². The predicted molar refractivity (Wildman–Crippen MR) is 70.0 cm³/mol. The summed E-state index contributed by atoms with van der Waals surface area (Å²) in [4.78, 5) is 13.8. The van der Waals surface area contributed by atoms with Gasteiger partial charge in [-0.25, -0.2) is 8.78 Å². The van der Waals surface area contributed by atoms with Gasteiger partial charge in [0.15, 0.2) is 11.6 Å². The first-order valence-corrected chi connectivity index (χ1v) is 6.46. The number of nitrogens with two attached hydrogens (primary N) is 1. The normalized spacial score (nSPS) is 19.6. The molecular formula is C14H18F2N2O2. The van der Waals surface area contributed by atoms with Crippen molar-refractivity contribution < 1.29 is 18.3 Å². The van der Waals surface area contributed by atoms with Gasteiger partial charge in [-0.3, -0.25) is 9.69 Å². The van der Waals surface area contributed by atoms with Gasteiger partial charge in [0.2, 0.25) is 5.91 Å². The Balaban J connectivity index is 2.53. The number of nitrogens with zero attached hydrogens (tertiary/aromatic N) is 1. The number of carbonyl (C=O) groups is 1. The highest BCUT2D eigenvalue weighted by Crippen LogP contribution is 2.32. The summed E-state index contributed by atoms with van der Waals surface area (Å²) in [5.41, 5.74) is 4.88. The number of hydrogen-bond acceptors (Lipinski definition) is 3. The van der Waals surface area contributed by atoms with Crippen LogP contribution >= 0.6 is 0 Å². The van der Waals surface area contributed by atoms with Crippen LogP contribution in [0.3, 0.4) is 0 Å². The summed E-state index contributed by atoms with van der Waals surface area (Å²) in [6, 6.07) is 2.45. The molecule has 1 unspecified atom stereocenters. The molecule has 4 nitrogen and oxygen atoms in total. The summed E-state index contributed by atoms with van der Waals surface area (Å²) in [7, 11) is 0. The average molecular weight is 284 g/mol. The standard InChI is InChI=1S/C14H18F2N2O2/c1-9-10(3-4-11(15)12(9)16)14(2,13(17)19)18-5-7-20-8-6-18/h3-4H,5-8H2,1-2H3,(H2,17,19). The maximum Gasteiger partial charge on any atom is 0.242 e. The number of halogens is 2. The predicted octanol–water partition coefficient (Wildman–Crippen LogP) is 1.31. The molecule has 0 aromatic heterocycles. The molecule has 20 heavy (non-hydrogen) atoms. The Morgan fingerprint density at radius 3 is 2.50 bits per heavy atom. The van der Waals surface area contributed by atoms with Crippen molar-refractivity contribution in [1.29, 1.82) is 0 Å². The third kappa shape index (κ3) is 2.29. The number of ether oxygens (including phenoxy) is 1. The third-order valence-corrected chi connectivity index (χ3v) is 3.99. The molecule has 1 atom stereocenters. The lowest BCUT2D eigenvalue weighted by molar-refractivity contribution is -0.133. The minimum atomic E-state index is -1.18. The van der Waals surface area contributed by atoms with Gasteiger partial charge in [0.25, 0.3) is 0 Å². The number of carbonyl (C=O) groups excluding carboxylic acids is 1. The largest absolute Gasteiger partial charge is 0.379 e. The smallest absolute Gasteiger partial charge is 0.242 e. The fourth-order valence-electron chi connectivity index (χ4n) is 2.65. The van der Waals surface area contributed by atoms with E-state index in [-0.39, 0.29) is 5.56 Å². The SMILES string of the molecule is Cc1c(C(C)(C(N)=O)N2CCOCC2)ccc(F)c1F. The molecule has 0 bridgehead atoms. The van der Waals surface area contributed by atoms with E-state index in [1.807, 2.05) is 4.90 Å². The molecule has 0 saturated carbocycles. The minimum absolute atomic E-state index is 0.109. The fraction of sp³-hybridized carbons (Fsp3) is 0.500. The molecule has 2 N–H and O–H groups in total. The van der Waals surface area contributed by atoms with E-state index in [4.69, 9.17) is 10.5 Å². The summed E-state index contributed by atoms with van der Waals surface area (Å²) < 4.78 is 32.3.